The molecule has 0 aliphatic carbocycles. The van der Waals surface area contributed by atoms with Crippen molar-refractivity contribution in [3.63, 3.8) is 0 Å². The highest BCUT2D eigenvalue weighted by Gasteiger charge is 2.18. The van der Waals surface area contributed by atoms with Crippen LogP contribution in [0, 0.1) is 0 Å². The summed E-state index contributed by atoms with van der Waals surface area (Å²) in [6.45, 7) is 0. The van der Waals surface area contributed by atoms with Gasteiger partial charge in [0.15, 0.2) is 5.78 Å². The van der Waals surface area contributed by atoms with Gasteiger partial charge in [-0.1, -0.05) is 18.2 Å². The largest absolute Gasteiger partial charge is 0.339 e. The van der Waals surface area contributed by atoms with E-state index in [4.69, 9.17) is 0 Å². The summed E-state index contributed by atoms with van der Waals surface area (Å²) in [6, 6.07) is 11.3. The maximum atomic E-state index is 12.0. The summed E-state index contributed by atoms with van der Waals surface area (Å²) in [5, 5.41) is 3.20. The number of benzene rings is 1. The fourth-order valence-electron chi connectivity index (χ4n) is 1.92. The van der Waals surface area contributed by atoms with Gasteiger partial charge >= 0.3 is 0 Å². The second-order valence-electron chi connectivity index (χ2n) is 3.78. The van der Waals surface area contributed by atoms with Crippen LogP contribution in [0.15, 0.2) is 42.6 Å². The topological polar surface area (TPSA) is 42.0 Å². The Kier molecular flexibility index (Phi) is 1.96. The van der Waals surface area contributed by atoms with Gasteiger partial charge in [0.05, 0.1) is 5.69 Å². The van der Waals surface area contributed by atoms with E-state index in [2.05, 4.69) is 10.3 Å². The van der Waals surface area contributed by atoms with Crippen molar-refractivity contribution in [1.29, 1.82) is 0 Å². The van der Waals surface area contributed by atoms with Crippen LogP contribution in [0.4, 0.5) is 11.5 Å². The van der Waals surface area contributed by atoms with E-state index in [0.717, 1.165) is 22.6 Å². The molecule has 1 N–H and O–H groups in total. The van der Waals surface area contributed by atoms with E-state index >= 15 is 0 Å². The molecule has 16 heavy (non-hydrogen) atoms. The number of carbonyl (C=O) groups excluding carboxylic acids is 1. The summed E-state index contributed by atoms with van der Waals surface area (Å²) in [6.07, 6.45) is 2.14. The summed E-state index contributed by atoms with van der Waals surface area (Å²) >= 11 is 0. The number of para-hydroxylation sites is 1. The minimum Gasteiger partial charge on any atom is -0.339 e. The third-order valence-electron chi connectivity index (χ3n) is 2.72. The van der Waals surface area contributed by atoms with Gasteiger partial charge in [0.2, 0.25) is 0 Å². The Hall–Kier alpha value is -2.16. The van der Waals surface area contributed by atoms with E-state index in [1.54, 1.807) is 6.20 Å². The number of nitrogens with one attached hydrogen (secondary N) is 1. The Morgan fingerprint density at radius 3 is 2.94 bits per heavy atom. The van der Waals surface area contributed by atoms with Crippen molar-refractivity contribution in [2.45, 2.75) is 6.42 Å². The number of rotatable bonds is 0. The lowest BCUT2D eigenvalue weighted by Crippen LogP contribution is -2.01. The van der Waals surface area contributed by atoms with Crippen LogP contribution in [0.2, 0.25) is 0 Å². The highest BCUT2D eigenvalue weighted by atomic mass is 16.1. The van der Waals surface area contributed by atoms with Crippen molar-refractivity contribution in [2.24, 2.45) is 0 Å². The lowest BCUT2D eigenvalue weighted by molar-refractivity contribution is 0.0994. The zero-order valence-corrected chi connectivity index (χ0v) is 8.60. The predicted octanol–water partition coefficient (Wildman–Crippen LogP) is 2.56. The van der Waals surface area contributed by atoms with Gasteiger partial charge in [0.1, 0.15) is 5.82 Å². The summed E-state index contributed by atoms with van der Waals surface area (Å²) in [4.78, 5) is 16.2. The first-order valence-corrected chi connectivity index (χ1v) is 5.18. The summed E-state index contributed by atoms with van der Waals surface area (Å²) < 4.78 is 0. The van der Waals surface area contributed by atoms with Gasteiger partial charge in [-0.2, -0.15) is 0 Å². The number of anilines is 2. The van der Waals surface area contributed by atoms with Gasteiger partial charge in [-0.3, -0.25) is 4.79 Å². The molecule has 3 rings (SSSR count). The Morgan fingerprint density at radius 2 is 2.00 bits per heavy atom. The monoisotopic (exact) mass is 210 g/mol. The van der Waals surface area contributed by atoms with Gasteiger partial charge in [0, 0.05) is 23.7 Å². The molecule has 1 aliphatic heterocycles. The minimum absolute atomic E-state index is 0.134. The quantitative estimate of drug-likeness (QED) is 0.726. The van der Waals surface area contributed by atoms with Crippen molar-refractivity contribution >= 4 is 17.3 Å². The van der Waals surface area contributed by atoms with E-state index in [1.165, 1.54) is 0 Å². The van der Waals surface area contributed by atoms with Gasteiger partial charge in [0.25, 0.3) is 0 Å². The second-order valence-corrected chi connectivity index (χ2v) is 3.78. The number of fused-ring (bicyclic) bond motifs is 2. The molecule has 1 aromatic carbocycles. The number of pyridine rings is 1. The smallest absolute Gasteiger partial charge is 0.169 e. The number of nitrogens with zero attached hydrogens (tertiary/aromatic N) is 1. The zero-order valence-electron chi connectivity index (χ0n) is 8.60. The third kappa shape index (κ3) is 1.37. The van der Waals surface area contributed by atoms with Crippen molar-refractivity contribution in [2.75, 3.05) is 5.32 Å². The van der Waals surface area contributed by atoms with Crippen molar-refractivity contribution in [3.8, 4) is 0 Å². The lowest BCUT2D eigenvalue weighted by Gasteiger charge is -2.06. The number of hydrogen-bond donors (Lipinski definition) is 1. The average molecular weight is 210 g/mol. The van der Waals surface area contributed by atoms with Crippen molar-refractivity contribution in [3.05, 3.63) is 53.7 Å². The van der Waals surface area contributed by atoms with Gasteiger partial charge in [-0.25, -0.2) is 4.98 Å². The Bertz CT molecular complexity index is 563. The molecule has 0 unspecified atom stereocenters. The van der Waals surface area contributed by atoms with Crippen LogP contribution in [-0.4, -0.2) is 10.8 Å². The molecular weight excluding hydrogens is 200 g/mol. The molecule has 2 aromatic rings. The van der Waals surface area contributed by atoms with Gasteiger partial charge in [-0.05, 0) is 18.2 Å². The second kappa shape index (κ2) is 3.45. The molecule has 0 saturated carbocycles. The van der Waals surface area contributed by atoms with Crippen LogP contribution in [-0.2, 0) is 6.42 Å². The first kappa shape index (κ1) is 9.09. The molecule has 0 amide bonds. The first-order chi connectivity index (χ1) is 7.84. The highest BCUT2D eigenvalue weighted by Crippen LogP contribution is 2.27. The number of ketones is 1. The molecule has 1 aliphatic rings. The first-order valence-electron chi connectivity index (χ1n) is 5.18. The molecule has 0 bridgehead atoms. The molecule has 0 radical (unpaired) electrons. The third-order valence-corrected chi connectivity index (χ3v) is 2.72. The Balaban J connectivity index is 2.18. The number of aromatic nitrogens is 1. The van der Waals surface area contributed by atoms with E-state index < -0.39 is 0 Å². The predicted molar refractivity (Wildman–Crippen MR) is 62.0 cm³/mol. The zero-order chi connectivity index (χ0) is 11.0. The maximum absolute atomic E-state index is 12.0. The molecule has 1 aromatic heterocycles. The molecule has 3 heteroatoms. The van der Waals surface area contributed by atoms with Crippen molar-refractivity contribution in [1.82, 2.24) is 4.98 Å². The van der Waals surface area contributed by atoms with Crippen LogP contribution in [0.1, 0.15) is 15.9 Å². The van der Waals surface area contributed by atoms with E-state index in [9.17, 15) is 4.79 Å². The Labute approximate surface area is 93.1 Å². The summed E-state index contributed by atoms with van der Waals surface area (Å²) in [5.41, 5.74) is 2.52. The summed E-state index contributed by atoms with van der Waals surface area (Å²) in [5.74, 6) is 0.913. The molecule has 0 atom stereocenters. The molecular formula is C13H10N2O. The van der Waals surface area contributed by atoms with E-state index in [-0.39, 0.29) is 5.78 Å². The van der Waals surface area contributed by atoms with E-state index in [0.29, 0.717) is 6.42 Å². The SMILES string of the molecule is O=C1Cc2cccnc2Nc2ccccc21. The normalized spacial score (nSPS) is 13.4. The Morgan fingerprint density at radius 1 is 1.12 bits per heavy atom. The van der Waals surface area contributed by atoms with E-state index in [1.807, 2.05) is 36.4 Å². The molecule has 78 valence electrons. The molecule has 2 heterocycles. The van der Waals surface area contributed by atoms with Gasteiger partial charge < -0.3 is 5.32 Å². The van der Waals surface area contributed by atoms with Crippen molar-refractivity contribution < 1.29 is 4.79 Å². The number of hydrogen-bond acceptors (Lipinski definition) is 3. The highest BCUT2D eigenvalue weighted by molar-refractivity contribution is 6.04. The molecule has 0 saturated heterocycles. The van der Waals surface area contributed by atoms with Gasteiger partial charge in [-0.15, -0.1) is 0 Å². The molecule has 0 fully saturated rings. The van der Waals surface area contributed by atoms with Crippen LogP contribution in [0.5, 0.6) is 0 Å². The minimum atomic E-state index is 0.134. The lowest BCUT2D eigenvalue weighted by atomic mass is 10.0. The number of carbonyl (C=O) groups is 1. The number of Topliss-reactive ketones (excluding diaryl/α,β-unsaturated/α-hetero) is 1. The fraction of sp³-hybridized carbons (Fsp3) is 0.0769. The summed E-state index contributed by atoms with van der Waals surface area (Å²) in [7, 11) is 0. The average Bonchev–Trinajstić information content (AvgIpc) is 2.45. The van der Waals surface area contributed by atoms with Crippen LogP contribution in [0.3, 0.4) is 0 Å². The molecule has 0 spiro atoms. The maximum Gasteiger partial charge on any atom is 0.169 e. The van der Waals surface area contributed by atoms with Crippen LogP contribution >= 0.6 is 0 Å². The molecule has 3 nitrogen and oxygen atoms in total. The fourth-order valence-corrected chi connectivity index (χ4v) is 1.92. The standard InChI is InChI=1S/C13H10N2O/c16-12-8-9-4-3-7-14-13(9)15-11-6-2-1-5-10(11)12/h1-7H,8H2,(H,14,15). The van der Waals surface area contributed by atoms with Crippen LogP contribution < -0.4 is 5.32 Å². The van der Waals surface area contributed by atoms with Crippen LogP contribution in [0.25, 0.3) is 0 Å².